The van der Waals surface area contributed by atoms with E-state index in [9.17, 15) is 0 Å². The lowest BCUT2D eigenvalue weighted by Crippen LogP contribution is -2.04. The second-order valence-corrected chi connectivity index (χ2v) is 12.7. The molecule has 0 saturated heterocycles. The molecule has 0 spiro atoms. The summed E-state index contributed by atoms with van der Waals surface area (Å²) >= 11 is 1.89. The number of benzene rings is 5. The fourth-order valence-electron chi connectivity index (χ4n) is 7.28. The SMILES string of the molecule is C=Cc1c(C)c(/C(=C\CC)c2cc3c4ccccc4sc3c3c2c2ccccc2n3-c2ccccc2)n(-c2ccccc2)c1C=C. The first kappa shape index (κ1) is 28.1. The standard InChI is InChI=1S/C43H34N2S/c1-5-18-33(41-28(4)31(6-2)37(7-3)44(41)29-19-10-8-11-20-29)35-27-36-32-23-15-17-26-39(32)46-43(36)42-40(35)34-24-14-16-25-38(34)45(42)30-21-12-9-13-22-30/h6-27H,2-3,5H2,1,4H3/b33-18-. The predicted molar refractivity (Wildman–Crippen MR) is 202 cm³/mol. The smallest absolute Gasteiger partial charge is 0.0726 e. The zero-order chi connectivity index (χ0) is 31.4. The minimum atomic E-state index is 0.892. The van der Waals surface area contributed by atoms with Crippen LogP contribution in [0.2, 0.25) is 0 Å². The van der Waals surface area contributed by atoms with Gasteiger partial charge in [0, 0.05) is 48.8 Å². The van der Waals surface area contributed by atoms with E-state index in [2.05, 4.69) is 157 Å². The van der Waals surface area contributed by atoms with Crippen molar-refractivity contribution >= 4 is 71.0 Å². The van der Waals surface area contributed by atoms with Crippen LogP contribution < -0.4 is 0 Å². The summed E-state index contributed by atoms with van der Waals surface area (Å²) in [6.45, 7) is 13.0. The lowest BCUT2D eigenvalue weighted by Gasteiger charge is -2.18. The summed E-state index contributed by atoms with van der Waals surface area (Å²) in [7, 11) is 0. The highest BCUT2D eigenvalue weighted by molar-refractivity contribution is 7.26. The van der Waals surface area contributed by atoms with Gasteiger partial charge in [0.1, 0.15) is 0 Å². The van der Waals surface area contributed by atoms with Crippen LogP contribution in [0.4, 0.5) is 0 Å². The molecule has 0 aliphatic rings. The van der Waals surface area contributed by atoms with Gasteiger partial charge in [-0.15, -0.1) is 11.3 Å². The molecule has 3 heteroatoms. The van der Waals surface area contributed by atoms with Crippen molar-refractivity contribution in [2.24, 2.45) is 0 Å². The fraction of sp³-hybridized carbons (Fsp3) is 0.0698. The zero-order valence-corrected chi connectivity index (χ0v) is 26.9. The van der Waals surface area contributed by atoms with Crippen LogP contribution in [0.1, 0.15) is 41.4 Å². The van der Waals surface area contributed by atoms with Gasteiger partial charge in [0.2, 0.25) is 0 Å². The Kier molecular flexibility index (Phi) is 6.85. The molecule has 0 aliphatic heterocycles. The molecule has 0 fully saturated rings. The van der Waals surface area contributed by atoms with Crippen LogP contribution in [-0.4, -0.2) is 9.13 Å². The topological polar surface area (TPSA) is 9.86 Å². The second-order valence-electron chi connectivity index (χ2n) is 11.7. The summed E-state index contributed by atoms with van der Waals surface area (Å²) in [5.41, 5.74) is 11.7. The number of para-hydroxylation sites is 3. The number of fused-ring (bicyclic) bond motifs is 7. The number of nitrogens with zero attached hydrogens (tertiary/aromatic N) is 2. The molecule has 0 radical (unpaired) electrons. The van der Waals surface area contributed by atoms with E-state index in [1.165, 1.54) is 64.4 Å². The average Bonchev–Trinajstić information content (AvgIpc) is 3.75. The third kappa shape index (κ3) is 4.09. The molecule has 2 nitrogen and oxygen atoms in total. The minimum Gasteiger partial charge on any atom is -0.309 e. The van der Waals surface area contributed by atoms with Crippen LogP contribution >= 0.6 is 11.3 Å². The van der Waals surface area contributed by atoms with E-state index in [1.807, 2.05) is 23.5 Å². The van der Waals surface area contributed by atoms with E-state index in [4.69, 9.17) is 0 Å². The van der Waals surface area contributed by atoms with Gasteiger partial charge >= 0.3 is 0 Å². The third-order valence-corrected chi connectivity index (χ3v) is 10.4. The summed E-state index contributed by atoms with van der Waals surface area (Å²) < 4.78 is 7.46. The molecule has 0 amide bonds. The summed E-state index contributed by atoms with van der Waals surface area (Å²) in [5, 5.41) is 5.10. The molecule has 0 aliphatic carbocycles. The molecule has 8 aromatic rings. The van der Waals surface area contributed by atoms with Crippen molar-refractivity contribution in [3.8, 4) is 11.4 Å². The van der Waals surface area contributed by atoms with Gasteiger partial charge in [-0.25, -0.2) is 0 Å². The van der Waals surface area contributed by atoms with Crippen LogP contribution in [0, 0.1) is 6.92 Å². The van der Waals surface area contributed by atoms with Gasteiger partial charge in [-0.2, -0.15) is 0 Å². The first-order valence-corrected chi connectivity index (χ1v) is 16.7. The lowest BCUT2D eigenvalue weighted by atomic mass is 9.92. The summed E-state index contributed by atoms with van der Waals surface area (Å²) in [4.78, 5) is 0. The van der Waals surface area contributed by atoms with Gasteiger partial charge in [0.15, 0.2) is 0 Å². The molecule has 5 aromatic carbocycles. The van der Waals surface area contributed by atoms with Crippen LogP contribution in [-0.2, 0) is 0 Å². The monoisotopic (exact) mass is 610 g/mol. The zero-order valence-electron chi connectivity index (χ0n) is 26.1. The van der Waals surface area contributed by atoms with Crippen molar-refractivity contribution in [1.82, 2.24) is 9.13 Å². The average molecular weight is 611 g/mol. The fourth-order valence-corrected chi connectivity index (χ4v) is 8.50. The summed E-state index contributed by atoms with van der Waals surface area (Å²) in [5.74, 6) is 0. The Hall–Kier alpha value is -5.38. The molecule has 0 atom stereocenters. The Morgan fingerprint density at radius 3 is 2.02 bits per heavy atom. The summed E-state index contributed by atoms with van der Waals surface area (Å²) in [6.07, 6.45) is 7.25. The predicted octanol–water partition coefficient (Wildman–Crippen LogP) is 12.4. The van der Waals surface area contributed by atoms with Crippen molar-refractivity contribution in [1.29, 1.82) is 0 Å². The number of hydrogen-bond acceptors (Lipinski definition) is 1. The highest BCUT2D eigenvalue weighted by atomic mass is 32.1. The molecule has 0 saturated carbocycles. The molecular formula is C43H34N2S. The van der Waals surface area contributed by atoms with E-state index in [0.717, 1.165) is 29.1 Å². The van der Waals surface area contributed by atoms with Gasteiger partial charge in [-0.05, 0) is 73.0 Å². The number of hydrogen-bond donors (Lipinski definition) is 0. The van der Waals surface area contributed by atoms with Crippen molar-refractivity contribution in [3.63, 3.8) is 0 Å². The summed E-state index contributed by atoms with van der Waals surface area (Å²) in [6, 6.07) is 41.6. The highest BCUT2D eigenvalue weighted by Crippen LogP contribution is 2.48. The Balaban J connectivity index is 1.61. The van der Waals surface area contributed by atoms with Crippen LogP contribution in [0.25, 0.3) is 71.1 Å². The van der Waals surface area contributed by atoms with Crippen molar-refractivity contribution < 1.29 is 0 Å². The quantitative estimate of drug-likeness (QED) is 0.170. The molecule has 3 aromatic heterocycles. The number of allylic oxidation sites excluding steroid dienone is 1. The molecule has 222 valence electrons. The van der Waals surface area contributed by atoms with Crippen molar-refractivity contribution in [2.75, 3.05) is 0 Å². The molecule has 0 N–H and O–H groups in total. The molecular weight excluding hydrogens is 577 g/mol. The van der Waals surface area contributed by atoms with E-state index < -0.39 is 0 Å². The maximum atomic E-state index is 4.26. The first-order valence-electron chi connectivity index (χ1n) is 15.9. The molecule has 0 unspecified atom stereocenters. The Morgan fingerprint density at radius 1 is 0.717 bits per heavy atom. The maximum Gasteiger partial charge on any atom is 0.0726 e. The number of rotatable bonds is 7. The molecule has 46 heavy (non-hydrogen) atoms. The van der Waals surface area contributed by atoms with Gasteiger partial charge in [-0.3, -0.25) is 0 Å². The maximum absolute atomic E-state index is 4.26. The van der Waals surface area contributed by atoms with Gasteiger partial charge < -0.3 is 9.13 Å². The van der Waals surface area contributed by atoms with Crippen LogP contribution in [0.3, 0.4) is 0 Å². The van der Waals surface area contributed by atoms with E-state index in [1.54, 1.807) is 0 Å². The molecule has 8 rings (SSSR count). The first-order chi connectivity index (χ1) is 22.7. The normalized spacial score (nSPS) is 12.1. The van der Waals surface area contributed by atoms with E-state index in [-0.39, 0.29) is 0 Å². The second kappa shape index (κ2) is 11.2. The van der Waals surface area contributed by atoms with Crippen molar-refractivity contribution in [3.05, 3.63) is 163 Å². The number of thiophene rings is 1. The van der Waals surface area contributed by atoms with Crippen LogP contribution in [0.5, 0.6) is 0 Å². The molecule has 0 bridgehead atoms. The van der Waals surface area contributed by atoms with Gasteiger partial charge in [0.05, 0.1) is 27.1 Å². The Bertz CT molecular complexity index is 2480. The largest absolute Gasteiger partial charge is 0.309 e. The Labute approximate surface area is 273 Å². The van der Waals surface area contributed by atoms with Crippen molar-refractivity contribution in [2.45, 2.75) is 20.3 Å². The van der Waals surface area contributed by atoms with E-state index >= 15 is 0 Å². The number of aromatic nitrogens is 2. The highest BCUT2D eigenvalue weighted by Gasteiger charge is 2.27. The molecule has 3 heterocycles. The third-order valence-electron chi connectivity index (χ3n) is 9.16. The van der Waals surface area contributed by atoms with Gasteiger partial charge in [0.25, 0.3) is 0 Å². The lowest BCUT2D eigenvalue weighted by molar-refractivity contribution is 1.03. The minimum absolute atomic E-state index is 0.892. The Morgan fingerprint density at radius 2 is 1.35 bits per heavy atom. The van der Waals surface area contributed by atoms with Crippen LogP contribution in [0.15, 0.2) is 134 Å². The van der Waals surface area contributed by atoms with E-state index in [0.29, 0.717) is 0 Å². The van der Waals surface area contributed by atoms with Gasteiger partial charge in [-0.1, -0.05) is 105 Å².